The van der Waals surface area contributed by atoms with Crippen LogP contribution in [-0.2, 0) is 13.1 Å². The quantitative estimate of drug-likeness (QED) is 0.721. The molecule has 3 aromatic rings. The molecule has 0 unspecified atom stereocenters. The molecular formula is C19H19N3O2. The molecule has 2 aromatic heterocycles. The molecule has 24 heavy (non-hydrogen) atoms. The highest BCUT2D eigenvalue weighted by atomic mass is 16.5. The zero-order valence-electron chi connectivity index (χ0n) is 13.8. The number of carbonyl (C=O) groups is 1. The van der Waals surface area contributed by atoms with Crippen molar-refractivity contribution < 1.29 is 9.32 Å². The van der Waals surface area contributed by atoms with Crippen molar-refractivity contribution in [2.45, 2.75) is 26.9 Å². The summed E-state index contributed by atoms with van der Waals surface area (Å²) in [6, 6.07) is 13.5. The molecule has 5 nitrogen and oxygen atoms in total. The molecule has 5 heteroatoms. The molecule has 0 fully saturated rings. The average molecular weight is 321 g/mol. The Morgan fingerprint density at radius 1 is 1.12 bits per heavy atom. The molecule has 0 radical (unpaired) electrons. The molecule has 1 aromatic carbocycles. The minimum Gasteiger partial charge on any atom is -0.361 e. The highest BCUT2D eigenvalue weighted by Crippen LogP contribution is 2.16. The first kappa shape index (κ1) is 15.9. The number of pyridine rings is 1. The lowest BCUT2D eigenvalue weighted by Gasteiger charge is -2.22. The van der Waals surface area contributed by atoms with E-state index >= 15 is 0 Å². The van der Waals surface area contributed by atoms with Crippen LogP contribution >= 0.6 is 0 Å². The Kier molecular flexibility index (Phi) is 4.70. The van der Waals surface area contributed by atoms with Gasteiger partial charge in [-0.15, -0.1) is 0 Å². The van der Waals surface area contributed by atoms with Gasteiger partial charge in [-0.1, -0.05) is 35.5 Å². The molecule has 122 valence electrons. The van der Waals surface area contributed by atoms with E-state index < -0.39 is 0 Å². The Morgan fingerprint density at radius 2 is 1.96 bits per heavy atom. The monoisotopic (exact) mass is 321 g/mol. The number of benzene rings is 1. The molecular weight excluding hydrogens is 302 g/mol. The smallest absolute Gasteiger partial charge is 0.276 e. The van der Waals surface area contributed by atoms with Crippen LogP contribution in [0, 0.1) is 13.8 Å². The standard InChI is InChI=1S/C19H19N3O2/c1-14-6-3-4-8-17(14)13-22(12-16-7-5-9-20-11-16)19(23)18-10-15(2)24-21-18/h3-11H,12-13H2,1-2H3. The third-order valence-corrected chi connectivity index (χ3v) is 3.85. The summed E-state index contributed by atoms with van der Waals surface area (Å²) in [7, 11) is 0. The summed E-state index contributed by atoms with van der Waals surface area (Å²) in [6.07, 6.45) is 3.49. The topological polar surface area (TPSA) is 59.2 Å². The van der Waals surface area contributed by atoms with E-state index in [1.807, 2.05) is 43.3 Å². The minimum atomic E-state index is -0.154. The number of aryl methyl sites for hydroxylation is 2. The second-order valence-corrected chi connectivity index (χ2v) is 5.77. The lowest BCUT2D eigenvalue weighted by Crippen LogP contribution is -2.30. The number of nitrogens with zero attached hydrogens (tertiary/aromatic N) is 3. The van der Waals surface area contributed by atoms with Crippen LogP contribution < -0.4 is 0 Å². The molecule has 2 heterocycles. The fourth-order valence-electron chi connectivity index (χ4n) is 2.53. The summed E-state index contributed by atoms with van der Waals surface area (Å²) in [6.45, 7) is 4.79. The van der Waals surface area contributed by atoms with E-state index in [1.54, 1.807) is 30.3 Å². The van der Waals surface area contributed by atoms with Crippen molar-refractivity contribution in [3.8, 4) is 0 Å². The normalized spacial score (nSPS) is 10.6. The Labute approximate surface area is 140 Å². The summed E-state index contributed by atoms with van der Waals surface area (Å²) in [5.41, 5.74) is 3.55. The molecule has 0 bridgehead atoms. The van der Waals surface area contributed by atoms with E-state index in [2.05, 4.69) is 10.1 Å². The maximum absolute atomic E-state index is 12.9. The summed E-state index contributed by atoms with van der Waals surface area (Å²) in [5, 5.41) is 3.86. The van der Waals surface area contributed by atoms with E-state index in [0.29, 0.717) is 24.5 Å². The molecule has 0 saturated carbocycles. The number of aromatic nitrogens is 2. The molecule has 0 aliphatic rings. The third-order valence-electron chi connectivity index (χ3n) is 3.85. The predicted molar refractivity (Wildman–Crippen MR) is 90.2 cm³/mol. The zero-order chi connectivity index (χ0) is 16.9. The molecule has 0 aliphatic carbocycles. The van der Waals surface area contributed by atoms with E-state index in [0.717, 1.165) is 16.7 Å². The van der Waals surface area contributed by atoms with Crippen molar-refractivity contribution in [3.05, 3.63) is 83.0 Å². The van der Waals surface area contributed by atoms with Crippen LogP contribution in [-0.4, -0.2) is 20.9 Å². The lowest BCUT2D eigenvalue weighted by molar-refractivity contribution is 0.0719. The van der Waals surface area contributed by atoms with Crippen LogP contribution in [0.3, 0.4) is 0 Å². The van der Waals surface area contributed by atoms with E-state index in [9.17, 15) is 4.79 Å². The molecule has 3 rings (SSSR count). The molecule has 0 atom stereocenters. The molecule has 0 aliphatic heterocycles. The number of hydrogen-bond acceptors (Lipinski definition) is 4. The Morgan fingerprint density at radius 3 is 2.62 bits per heavy atom. The summed E-state index contributed by atoms with van der Waals surface area (Å²) in [5.74, 6) is 0.467. The maximum Gasteiger partial charge on any atom is 0.276 e. The van der Waals surface area contributed by atoms with Crippen LogP contribution in [0.4, 0.5) is 0 Å². The Hall–Kier alpha value is -2.95. The van der Waals surface area contributed by atoms with Crippen molar-refractivity contribution in [1.29, 1.82) is 0 Å². The fraction of sp³-hybridized carbons (Fsp3) is 0.211. The van der Waals surface area contributed by atoms with Gasteiger partial charge in [0, 0.05) is 31.5 Å². The van der Waals surface area contributed by atoms with Gasteiger partial charge >= 0.3 is 0 Å². The Bertz CT molecular complexity index is 827. The van der Waals surface area contributed by atoms with Crippen LogP contribution in [0.15, 0.2) is 59.4 Å². The number of amides is 1. The molecule has 0 saturated heterocycles. The first-order valence-corrected chi connectivity index (χ1v) is 7.79. The van der Waals surface area contributed by atoms with Gasteiger partial charge in [0.15, 0.2) is 5.69 Å². The van der Waals surface area contributed by atoms with E-state index in [1.165, 1.54) is 0 Å². The van der Waals surface area contributed by atoms with Gasteiger partial charge in [0.05, 0.1) is 0 Å². The highest BCUT2D eigenvalue weighted by Gasteiger charge is 2.20. The largest absolute Gasteiger partial charge is 0.361 e. The zero-order valence-corrected chi connectivity index (χ0v) is 13.8. The van der Waals surface area contributed by atoms with Gasteiger partial charge in [0.25, 0.3) is 5.91 Å². The second kappa shape index (κ2) is 7.08. The van der Waals surface area contributed by atoms with Crippen LogP contribution in [0.5, 0.6) is 0 Å². The second-order valence-electron chi connectivity index (χ2n) is 5.77. The molecule has 0 spiro atoms. The molecule has 0 N–H and O–H groups in total. The van der Waals surface area contributed by atoms with Gasteiger partial charge in [0.2, 0.25) is 0 Å². The Balaban J connectivity index is 1.88. The highest BCUT2D eigenvalue weighted by molar-refractivity contribution is 5.92. The average Bonchev–Trinajstić information content (AvgIpc) is 3.03. The SMILES string of the molecule is Cc1cc(C(=O)N(Cc2cccnc2)Cc2ccccc2C)no1. The summed E-state index contributed by atoms with van der Waals surface area (Å²) in [4.78, 5) is 18.7. The molecule has 1 amide bonds. The van der Waals surface area contributed by atoms with Gasteiger partial charge in [0.1, 0.15) is 5.76 Å². The van der Waals surface area contributed by atoms with Gasteiger partial charge in [-0.2, -0.15) is 0 Å². The van der Waals surface area contributed by atoms with Gasteiger partial charge in [-0.3, -0.25) is 9.78 Å². The van der Waals surface area contributed by atoms with Crippen molar-refractivity contribution in [2.75, 3.05) is 0 Å². The van der Waals surface area contributed by atoms with Crippen molar-refractivity contribution in [1.82, 2.24) is 15.0 Å². The third kappa shape index (κ3) is 3.68. The number of rotatable bonds is 5. The van der Waals surface area contributed by atoms with Crippen LogP contribution in [0.1, 0.15) is 32.9 Å². The van der Waals surface area contributed by atoms with Crippen molar-refractivity contribution in [2.24, 2.45) is 0 Å². The number of carbonyl (C=O) groups excluding carboxylic acids is 1. The van der Waals surface area contributed by atoms with Crippen molar-refractivity contribution >= 4 is 5.91 Å². The van der Waals surface area contributed by atoms with Crippen LogP contribution in [0.2, 0.25) is 0 Å². The van der Waals surface area contributed by atoms with E-state index in [-0.39, 0.29) is 5.91 Å². The summed E-state index contributed by atoms with van der Waals surface area (Å²) < 4.78 is 5.05. The van der Waals surface area contributed by atoms with E-state index in [4.69, 9.17) is 4.52 Å². The van der Waals surface area contributed by atoms with Gasteiger partial charge in [-0.25, -0.2) is 0 Å². The summed E-state index contributed by atoms with van der Waals surface area (Å²) >= 11 is 0. The maximum atomic E-state index is 12.9. The lowest BCUT2D eigenvalue weighted by atomic mass is 10.1. The first-order valence-electron chi connectivity index (χ1n) is 7.79. The minimum absolute atomic E-state index is 0.154. The van der Waals surface area contributed by atoms with Gasteiger partial charge in [-0.05, 0) is 36.6 Å². The van der Waals surface area contributed by atoms with Crippen molar-refractivity contribution in [3.63, 3.8) is 0 Å². The predicted octanol–water partition coefficient (Wildman–Crippen LogP) is 3.53. The van der Waals surface area contributed by atoms with Crippen LogP contribution in [0.25, 0.3) is 0 Å². The fourth-order valence-corrected chi connectivity index (χ4v) is 2.53. The first-order chi connectivity index (χ1) is 11.6. The number of hydrogen-bond donors (Lipinski definition) is 0. The van der Waals surface area contributed by atoms with Gasteiger partial charge < -0.3 is 9.42 Å².